The number of benzene rings is 1. The van der Waals surface area contributed by atoms with Crippen LogP contribution < -0.4 is 20.1 Å². The highest BCUT2D eigenvalue weighted by Gasteiger charge is 2.22. The molecule has 3 rings (SSSR count). The number of guanidine groups is 1. The molecule has 1 fully saturated rings. The fourth-order valence-corrected chi connectivity index (χ4v) is 3.59. The summed E-state index contributed by atoms with van der Waals surface area (Å²) in [4.78, 5) is 11.2. The molecule has 1 saturated heterocycles. The summed E-state index contributed by atoms with van der Waals surface area (Å²) in [6, 6.07) is 14.2. The number of ether oxygens (including phenoxy) is 2. The average Bonchev–Trinajstić information content (AvgIpc) is 3.26. The summed E-state index contributed by atoms with van der Waals surface area (Å²) in [6.45, 7) is 7.04. The van der Waals surface area contributed by atoms with Gasteiger partial charge in [0.2, 0.25) is 5.88 Å². The number of hydrogen-bond acceptors (Lipinski definition) is 5. The Morgan fingerprint density at radius 3 is 2.70 bits per heavy atom. The van der Waals surface area contributed by atoms with Gasteiger partial charge >= 0.3 is 0 Å². The molecule has 1 unspecified atom stereocenters. The quantitative estimate of drug-likeness (QED) is 0.356. The number of rotatable bonds is 10. The molecule has 0 spiro atoms. The van der Waals surface area contributed by atoms with Crippen LogP contribution in [-0.4, -0.2) is 61.8 Å². The van der Waals surface area contributed by atoms with Crippen molar-refractivity contribution in [3.05, 3.63) is 54.2 Å². The molecule has 0 bridgehead atoms. The van der Waals surface area contributed by atoms with Gasteiger partial charge in [-0.1, -0.05) is 31.2 Å². The fourth-order valence-electron chi connectivity index (χ4n) is 3.59. The van der Waals surface area contributed by atoms with Crippen LogP contribution in [0.1, 0.15) is 25.3 Å². The summed E-state index contributed by atoms with van der Waals surface area (Å²) in [6.07, 6.45) is 4.35. The molecule has 2 aromatic rings. The maximum atomic E-state index is 5.65. The second-order valence-electron chi connectivity index (χ2n) is 7.25. The Morgan fingerprint density at radius 2 is 1.97 bits per heavy atom. The van der Waals surface area contributed by atoms with Gasteiger partial charge in [0.1, 0.15) is 19.0 Å². The zero-order valence-corrected chi connectivity index (χ0v) is 18.0. The van der Waals surface area contributed by atoms with Gasteiger partial charge in [-0.3, -0.25) is 9.89 Å². The lowest BCUT2D eigenvalue weighted by Gasteiger charge is -2.24. The van der Waals surface area contributed by atoms with Crippen LogP contribution in [0.4, 0.5) is 0 Å². The molecule has 0 saturated carbocycles. The molecule has 30 heavy (non-hydrogen) atoms. The van der Waals surface area contributed by atoms with Crippen LogP contribution in [-0.2, 0) is 6.54 Å². The second kappa shape index (κ2) is 12.0. The predicted molar refractivity (Wildman–Crippen MR) is 120 cm³/mol. The number of pyridine rings is 1. The molecule has 1 aliphatic rings. The molecule has 2 heterocycles. The lowest BCUT2D eigenvalue weighted by Crippen LogP contribution is -2.44. The van der Waals surface area contributed by atoms with Gasteiger partial charge in [-0.2, -0.15) is 0 Å². The summed E-state index contributed by atoms with van der Waals surface area (Å²) in [5, 5.41) is 6.80. The Balaban J connectivity index is 1.35. The van der Waals surface area contributed by atoms with Crippen LogP contribution in [0, 0.1) is 0 Å². The smallest absolute Gasteiger partial charge is 0.213 e. The van der Waals surface area contributed by atoms with E-state index in [2.05, 4.69) is 32.4 Å². The topological polar surface area (TPSA) is 71.0 Å². The molecule has 2 N–H and O–H groups in total. The molecule has 0 radical (unpaired) electrons. The Bertz CT molecular complexity index is 767. The minimum Gasteiger partial charge on any atom is -0.490 e. The fraction of sp³-hybridized carbons (Fsp3) is 0.478. The largest absolute Gasteiger partial charge is 0.490 e. The van der Waals surface area contributed by atoms with E-state index in [1.165, 1.54) is 19.4 Å². The number of nitrogens with one attached hydrogen (secondary N) is 2. The lowest BCUT2D eigenvalue weighted by atomic mass is 10.2. The number of likely N-dealkylation sites (N-methyl/N-ethyl adjacent to an activating group) is 1. The molecule has 0 aliphatic carbocycles. The number of hydrogen-bond donors (Lipinski definition) is 2. The Hall–Kier alpha value is -2.80. The van der Waals surface area contributed by atoms with E-state index in [0.717, 1.165) is 30.4 Å². The third-order valence-electron chi connectivity index (χ3n) is 5.24. The van der Waals surface area contributed by atoms with E-state index in [4.69, 9.17) is 9.47 Å². The summed E-state index contributed by atoms with van der Waals surface area (Å²) in [7, 11) is 1.80. The third-order valence-corrected chi connectivity index (χ3v) is 5.24. The molecule has 7 heteroatoms. The van der Waals surface area contributed by atoms with Crippen LogP contribution in [0.15, 0.2) is 53.7 Å². The van der Waals surface area contributed by atoms with Gasteiger partial charge in [-0.25, -0.2) is 4.98 Å². The van der Waals surface area contributed by atoms with Crippen molar-refractivity contribution in [1.29, 1.82) is 0 Å². The standard InChI is InChI=1S/C23H33N5O2/c1-3-28-13-7-8-20(28)18-27-23(24-2)26-17-19-11-12-22(25-16-19)30-15-14-29-21-9-5-4-6-10-21/h4-6,9-12,16,20H,3,7-8,13-15,17-18H2,1-2H3,(H2,24,26,27). The maximum Gasteiger partial charge on any atom is 0.213 e. The van der Waals surface area contributed by atoms with Gasteiger partial charge < -0.3 is 20.1 Å². The highest BCUT2D eigenvalue weighted by Crippen LogP contribution is 2.15. The molecule has 1 atom stereocenters. The molecule has 0 amide bonds. The molecule has 7 nitrogen and oxygen atoms in total. The molecule has 1 aliphatic heterocycles. The summed E-state index contributed by atoms with van der Waals surface area (Å²) < 4.78 is 11.3. The molecule has 1 aromatic heterocycles. The van der Waals surface area contributed by atoms with E-state index in [1.807, 2.05) is 48.7 Å². The van der Waals surface area contributed by atoms with Crippen LogP contribution >= 0.6 is 0 Å². The minimum absolute atomic E-state index is 0.450. The zero-order valence-electron chi connectivity index (χ0n) is 18.0. The van der Waals surface area contributed by atoms with E-state index < -0.39 is 0 Å². The summed E-state index contributed by atoms with van der Waals surface area (Å²) in [5.41, 5.74) is 1.07. The molecular formula is C23H33N5O2. The monoisotopic (exact) mass is 411 g/mol. The summed E-state index contributed by atoms with van der Waals surface area (Å²) in [5.74, 6) is 2.25. The van der Waals surface area contributed by atoms with Gasteiger partial charge in [-0.15, -0.1) is 0 Å². The highest BCUT2D eigenvalue weighted by molar-refractivity contribution is 5.79. The first-order chi connectivity index (χ1) is 14.8. The maximum absolute atomic E-state index is 5.65. The Morgan fingerprint density at radius 1 is 1.13 bits per heavy atom. The van der Waals surface area contributed by atoms with Crippen molar-refractivity contribution >= 4 is 5.96 Å². The van der Waals surface area contributed by atoms with Crippen LogP contribution in [0.2, 0.25) is 0 Å². The normalized spacial score (nSPS) is 17.0. The second-order valence-corrected chi connectivity index (χ2v) is 7.25. The predicted octanol–water partition coefficient (Wildman–Crippen LogP) is 2.69. The van der Waals surface area contributed by atoms with Gasteiger partial charge in [0.25, 0.3) is 0 Å². The van der Waals surface area contributed by atoms with Crippen molar-refractivity contribution in [2.75, 3.05) is 39.9 Å². The Labute approximate surface area is 179 Å². The van der Waals surface area contributed by atoms with Crippen molar-refractivity contribution in [1.82, 2.24) is 20.5 Å². The highest BCUT2D eigenvalue weighted by atomic mass is 16.5. The number of para-hydroxylation sites is 1. The van der Waals surface area contributed by atoms with Crippen molar-refractivity contribution in [2.24, 2.45) is 4.99 Å². The third kappa shape index (κ3) is 6.91. The first-order valence-corrected chi connectivity index (χ1v) is 10.7. The first-order valence-electron chi connectivity index (χ1n) is 10.7. The average molecular weight is 412 g/mol. The van der Waals surface area contributed by atoms with E-state index in [1.54, 1.807) is 7.05 Å². The van der Waals surface area contributed by atoms with Gasteiger partial charge in [0.05, 0.1) is 0 Å². The van der Waals surface area contributed by atoms with Gasteiger partial charge in [-0.05, 0) is 43.6 Å². The van der Waals surface area contributed by atoms with Crippen molar-refractivity contribution < 1.29 is 9.47 Å². The molecule has 162 valence electrons. The molecular weight excluding hydrogens is 378 g/mol. The van der Waals surface area contributed by atoms with E-state index in [0.29, 0.717) is 31.7 Å². The number of likely N-dealkylation sites (tertiary alicyclic amines) is 1. The van der Waals surface area contributed by atoms with Crippen molar-refractivity contribution in [3.63, 3.8) is 0 Å². The number of aliphatic imine (C=N–C) groups is 1. The Kier molecular flexibility index (Phi) is 8.78. The molecule has 1 aromatic carbocycles. The zero-order chi connectivity index (χ0) is 21.0. The van der Waals surface area contributed by atoms with Crippen molar-refractivity contribution in [2.45, 2.75) is 32.4 Å². The van der Waals surface area contributed by atoms with Crippen LogP contribution in [0.5, 0.6) is 11.6 Å². The number of nitrogens with zero attached hydrogens (tertiary/aromatic N) is 3. The summed E-state index contributed by atoms with van der Waals surface area (Å²) >= 11 is 0. The van der Waals surface area contributed by atoms with Gasteiger partial charge in [0, 0.05) is 38.4 Å². The minimum atomic E-state index is 0.450. The van der Waals surface area contributed by atoms with Crippen LogP contribution in [0.3, 0.4) is 0 Å². The number of aromatic nitrogens is 1. The van der Waals surface area contributed by atoms with E-state index >= 15 is 0 Å². The van der Waals surface area contributed by atoms with Crippen molar-refractivity contribution in [3.8, 4) is 11.6 Å². The van der Waals surface area contributed by atoms with Gasteiger partial charge in [0.15, 0.2) is 5.96 Å². The van der Waals surface area contributed by atoms with Crippen LogP contribution in [0.25, 0.3) is 0 Å². The lowest BCUT2D eigenvalue weighted by molar-refractivity contribution is 0.212. The SMILES string of the molecule is CCN1CCCC1CNC(=NC)NCc1ccc(OCCOc2ccccc2)nc1. The van der Waals surface area contributed by atoms with E-state index in [9.17, 15) is 0 Å². The first kappa shape index (κ1) is 21.9. The van der Waals surface area contributed by atoms with E-state index in [-0.39, 0.29) is 0 Å².